The quantitative estimate of drug-likeness (QED) is 0.697. The van der Waals surface area contributed by atoms with Crippen molar-refractivity contribution in [3.8, 4) is 0 Å². The van der Waals surface area contributed by atoms with Gasteiger partial charge in [-0.15, -0.1) is 11.3 Å². The van der Waals surface area contributed by atoms with Gasteiger partial charge in [-0.05, 0) is 24.3 Å². The highest BCUT2D eigenvalue weighted by atomic mass is 32.1. The fraction of sp³-hybridized carbons (Fsp3) is 0.538. The molecule has 1 saturated heterocycles. The van der Waals surface area contributed by atoms with Crippen molar-refractivity contribution < 1.29 is 19.8 Å². The lowest BCUT2D eigenvalue weighted by atomic mass is 10.1. The van der Waals surface area contributed by atoms with E-state index in [0.717, 1.165) is 17.7 Å². The second-order valence-corrected chi connectivity index (χ2v) is 5.75. The number of nitrogens with zero attached hydrogens (tertiary/aromatic N) is 1. The number of likely N-dealkylation sites (tertiary alicyclic amines) is 1. The maximum Gasteiger partial charge on any atom is 0.254 e. The van der Waals surface area contributed by atoms with Crippen molar-refractivity contribution in [3.05, 3.63) is 22.4 Å². The Balaban J connectivity index is 1.83. The Kier molecular flexibility index (Phi) is 5.11. The van der Waals surface area contributed by atoms with Crippen LogP contribution in [-0.4, -0.2) is 52.2 Å². The summed E-state index contributed by atoms with van der Waals surface area (Å²) in [7, 11) is 0. The first-order chi connectivity index (χ1) is 9.59. The van der Waals surface area contributed by atoms with Gasteiger partial charge in [-0.25, -0.2) is 0 Å². The van der Waals surface area contributed by atoms with E-state index in [1.54, 1.807) is 0 Å². The van der Waals surface area contributed by atoms with E-state index < -0.39 is 24.0 Å². The Labute approximate surface area is 121 Å². The van der Waals surface area contributed by atoms with Crippen molar-refractivity contribution >= 4 is 23.2 Å². The van der Waals surface area contributed by atoms with Gasteiger partial charge in [0.25, 0.3) is 11.8 Å². The van der Waals surface area contributed by atoms with Crippen LogP contribution in [0.4, 0.5) is 0 Å². The molecule has 7 heteroatoms. The summed E-state index contributed by atoms with van der Waals surface area (Å²) in [6, 6.07) is 3.71. The largest absolute Gasteiger partial charge is 0.380 e. The summed E-state index contributed by atoms with van der Waals surface area (Å²) in [6.45, 7) is 1.41. The molecular formula is C13H18N2O4S. The van der Waals surface area contributed by atoms with Gasteiger partial charge in [0.1, 0.15) is 0 Å². The molecule has 1 fully saturated rings. The maximum atomic E-state index is 11.9. The monoisotopic (exact) mass is 298 g/mol. The molecule has 2 amide bonds. The zero-order valence-electron chi connectivity index (χ0n) is 11.0. The van der Waals surface area contributed by atoms with Crippen molar-refractivity contribution in [3.63, 3.8) is 0 Å². The van der Waals surface area contributed by atoms with Crippen molar-refractivity contribution in [1.29, 1.82) is 0 Å². The van der Waals surface area contributed by atoms with Crippen LogP contribution in [0.3, 0.4) is 0 Å². The number of thiophene rings is 1. The zero-order chi connectivity index (χ0) is 14.5. The number of carbonyl (C=O) groups is 2. The summed E-state index contributed by atoms with van der Waals surface area (Å²) in [4.78, 5) is 26.0. The van der Waals surface area contributed by atoms with Gasteiger partial charge < -0.3 is 20.4 Å². The number of hydrogen-bond donors (Lipinski definition) is 3. The maximum absolute atomic E-state index is 11.9. The lowest BCUT2D eigenvalue weighted by Crippen LogP contribution is -2.50. The summed E-state index contributed by atoms with van der Waals surface area (Å²) in [6.07, 6.45) is -1.65. The number of amides is 2. The molecule has 1 aromatic heterocycles. The predicted molar refractivity (Wildman–Crippen MR) is 74.0 cm³/mol. The molecule has 0 unspecified atom stereocenters. The third-order valence-corrected chi connectivity index (χ3v) is 4.13. The molecule has 1 aliphatic rings. The van der Waals surface area contributed by atoms with Crippen LogP contribution in [0.25, 0.3) is 0 Å². The summed E-state index contributed by atoms with van der Waals surface area (Å²) in [5, 5.41) is 23.9. The van der Waals surface area contributed by atoms with Crippen LogP contribution in [-0.2, 0) is 16.1 Å². The smallest absolute Gasteiger partial charge is 0.254 e. The molecule has 0 radical (unpaired) electrons. The Bertz CT molecular complexity index is 457. The van der Waals surface area contributed by atoms with E-state index in [0.29, 0.717) is 13.1 Å². The molecular weight excluding hydrogens is 280 g/mol. The number of hydrogen-bond acceptors (Lipinski definition) is 5. The molecule has 1 aliphatic heterocycles. The predicted octanol–water partition coefficient (Wildman–Crippen LogP) is -0.292. The second-order valence-electron chi connectivity index (χ2n) is 4.72. The van der Waals surface area contributed by atoms with E-state index >= 15 is 0 Å². The van der Waals surface area contributed by atoms with E-state index in [-0.39, 0.29) is 6.54 Å². The third kappa shape index (κ3) is 3.56. The van der Waals surface area contributed by atoms with Gasteiger partial charge in [-0.2, -0.15) is 0 Å². The fourth-order valence-corrected chi connectivity index (χ4v) is 2.74. The Morgan fingerprint density at radius 1 is 1.30 bits per heavy atom. The molecule has 6 nitrogen and oxygen atoms in total. The molecule has 20 heavy (non-hydrogen) atoms. The molecule has 0 aliphatic carbocycles. The summed E-state index contributed by atoms with van der Waals surface area (Å²) >= 11 is 1.48. The van der Waals surface area contributed by atoms with Gasteiger partial charge in [0.05, 0.1) is 6.54 Å². The summed E-state index contributed by atoms with van der Waals surface area (Å²) < 4.78 is 0. The average molecular weight is 298 g/mol. The fourth-order valence-electron chi connectivity index (χ4n) is 2.09. The van der Waals surface area contributed by atoms with Crippen LogP contribution in [0.2, 0.25) is 0 Å². The summed E-state index contributed by atoms with van der Waals surface area (Å²) in [5.74, 6) is -1.32. The first-order valence-corrected chi connectivity index (χ1v) is 7.42. The van der Waals surface area contributed by atoms with E-state index in [2.05, 4.69) is 5.32 Å². The van der Waals surface area contributed by atoms with E-state index in [9.17, 15) is 19.8 Å². The zero-order valence-corrected chi connectivity index (χ0v) is 11.8. The first-order valence-electron chi connectivity index (χ1n) is 6.54. The Hall–Kier alpha value is -1.44. The third-order valence-electron chi connectivity index (χ3n) is 3.26. The Morgan fingerprint density at radius 2 is 2.00 bits per heavy atom. The minimum absolute atomic E-state index is 0.276. The van der Waals surface area contributed by atoms with Crippen molar-refractivity contribution in [1.82, 2.24) is 10.2 Å². The van der Waals surface area contributed by atoms with E-state index in [4.69, 9.17) is 0 Å². The second kappa shape index (κ2) is 6.83. The van der Waals surface area contributed by atoms with Crippen LogP contribution in [0.1, 0.15) is 17.7 Å². The van der Waals surface area contributed by atoms with Gasteiger partial charge in [-0.3, -0.25) is 9.59 Å². The van der Waals surface area contributed by atoms with Crippen molar-refractivity contribution in [2.24, 2.45) is 0 Å². The molecule has 0 saturated carbocycles. The van der Waals surface area contributed by atoms with Gasteiger partial charge >= 0.3 is 0 Å². The minimum Gasteiger partial charge on any atom is -0.380 e. The number of nitrogens with one attached hydrogen (secondary N) is 1. The summed E-state index contributed by atoms with van der Waals surface area (Å²) in [5.41, 5.74) is 0. The van der Waals surface area contributed by atoms with Gasteiger partial charge in [-0.1, -0.05) is 6.07 Å². The molecule has 2 rings (SSSR count). The Morgan fingerprint density at radius 3 is 2.60 bits per heavy atom. The van der Waals surface area contributed by atoms with Crippen molar-refractivity contribution in [2.75, 3.05) is 13.1 Å². The lowest BCUT2D eigenvalue weighted by molar-refractivity contribution is -0.152. The standard InChI is InChI=1S/C13H18N2O4S/c16-10(11(17)13(19)15-5-1-2-6-15)12(18)14-8-9-4-3-7-20-9/h3-4,7,10-11,16-17H,1-2,5-6,8H2,(H,14,18)/t10-,11-/m1/s1. The number of aliphatic hydroxyl groups excluding tert-OH is 2. The number of rotatable bonds is 5. The van der Waals surface area contributed by atoms with Crippen LogP contribution >= 0.6 is 11.3 Å². The highest BCUT2D eigenvalue weighted by molar-refractivity contribution is 7.09. The normalized spacial score (nSPS) is 17.8. The minimum atomic E-state index is -1.73. The molecule has 3 N–H and O–H groups in total. The first kappa shape index (κ1) is 15.0. The van der Waals surface area contributed by atoms with Gasteiger partial charge in [0.15, 0.2) is 12.2 Å². The van der Waals surface area contributed by atoms with Gasteiger partial charge in [0, 0.05) is 18.0 Å². The van der Waals surface area contributed by atoms with Crippen LogP contribution < -0.4 is 5.32 Å². The molecule has 2 heterocycles. The van der Waals surface area contributed by atoms with Crippen LogP contribution in [0, 0.1) is 0 Å². The van der Waals surface area contributed by atoms with Gasteiger partial charge in [0.2, 0.25) is 0 Å². The SMILES string of the molecule is O=C(NCc1cccs1)[C@H](O)[C@@H](O)C(=O)N1CCCC1. The van der Waals surface area contributed by atoms with Crippen LogP contribution in [0.5, 0.6) is 0 Å². The van der Waals surface area contributed by atoms with Crippen molar-refractivity contribution in [2.45, 2.75) is 31.6 Å². The molecule has 110 valence electrons. The average Bonchev–Trinajstić information content (AvgIpc) is 3.14. The molecule has 1 aromatic rings. The van der Waals surface area contributed by atoms with E-state index in [1.807, 2.05) is 17.5 Å². The topological polar surface area (TPSA) is 89.9 Å². The molecule has 2 atom stereocenters. The molecule has 0 spiro atoms. The lowest BCUT2D eigenvalue weighted by Gasteiger charge is -2.22. The highest BCUT2D eigenvalue weighted by Gasteiger charge is 2.34. The molecule has 0 bridgehead atoms. The van der Waals surface area contributed by atoms with E-state index in [1.165, 1.54) is 16.2 Å². The number of aliphatic hydroxyl groups is 2. The van der Waals surface area contributed by atoms with Crippen LogP contribution in [0.15, 0.2) is 17.5 Å². The molecule has 0 aromatic carbocycles. The highest BCUT2D eigenvalue weighted by Crippen LogP contribution is 2.11. The number of carbonyl (C=O) groups excluding carboxylic acids is 2.